The van der Waals surface area contributed by atoms with Crippen LogP contribution in [0.2, 0.25) is 0 Å². The summed E-state index contributed by atoms with van der Waals surface area (Å²) in [6.45, 7) is 5.51. The van der Waals surface area contributed by atoms with Crippen molar-refractivity contribution in [1.29, 1.82) is 0 Å². The van der Waals surface area contributed by atoms with Crippen LogP contribution in [0, 0.1) is 0 Å². The molecule has 18 heteroatoms. The fourth-order valence-electron chi connectivity index (χ4n) is 3.32. The first-order valence-corrected chi connectivity index (χ1v) is 15.6. The van der Waals surface area contributed by atoms with Gasteiger partial charge in [0, 0.05) is 57.2 Å². The van der Waals surface area contributed by atoms with E-state index in [-0.39, 0.29) is 55.6 Å². The molecule has 1 unspecified atom stereocenters. The van der Waals surface area contributed by atoms with Gasteiger partial charge in [0.15, 0.2) is 0 Å². The van der Waals surface area contributed by atoms with Crippen LogP contribution in [0.4, 0.5) is 0 Å². The molecule has 0 saturated carbocycles. The quantitative estimate of drug-likeness (QED) is 0.0348. The van der Waals surface area contributed by atoms with E-state index in [1.54, 1.807) is 0 Å². The van der Waals surface area contributed by atoms with Gasteiger partial charge < -0.3 is 25.4 Å². The number of carbonyl (C=O) groups excluding carboxylic acids is 5. The number of benzene rings is 1. The molecule has 1 rings (SSSR count). The van der Waals surface area contributed by atoms with E-state index in [0.29, 0.717) is 47.2 Å². The molecule has 246 valence electrons. The minimum atomic E-state index is -3.69. The van der Waals surface area contributed by atoms with E-state index in [4.69, 9.17) is 4.52 Å². The fourth-order valence-corrected chi connectivity index (χ4v) is 3.83. The lowest BCUT2D eigenvalue weighted by Crippen LogP contribution is -2.39. The number of rotatable bonds is 20. The number of unbranched alkanes of at least 4 members (excludes halogenated alkanes) is 2. The predicted molar refractivity (Wildman–Crippen MR) is 154 cm³/mol. The highest BCUT2D eigenvalue weighted by molar-refractivity contribution is 7.52. The van der Waals surface area contributed by atoms with Gasteiger partial charge in [-0.3, -0.25) is 39.6 Å². The smallest absolute Gasteiger partial charge is 0.373 e. The Morgan fingerprint density at radius 2 is 1.41 bits per heavy atom. The Balaban J connectivity index is 2.18. The van der Waals surface area contributed by atoms with Crippen molar-refractivity contribution < 1.29 is 53.6 Å². The Morgan fingerprint density at radius 3 is 2.02 bits per heavy atom. The lowest BCUT2D eigenvalue weighted by atomic mass is 10.2. The molecule has 0 aliphatic heterocycles. The molecular formula is C26H41N6O11P. The Hall–Kier alpha value is -4.02. The molecule has 0 bridgehead atoms. The number of amides is 5. The molecule has 0 aliphatic rings. The minimum Gasteiger partial charge on any atom is -0.425 e. The highest BCUT2D eigenvalue weighted by Crippen LogP contribution is 2.37. The van der Waals surface area contributed by atoms with Gasteiger partial charge in [-0.05, 0) is 49.9 Å². The summed E-state index contributed by atoms with van der Waals surface area (Å²) in [5.74, 6) is -2.77. The van der Waals surface area contributed by atoms with Gasteiger partial charge in [0.1, 0.15) is 19.1 Å². The SMILES string of the molecule is C=C(CCC(=O)N(O)CCCCCNC(=O)c1ccc(OP(C)(=O)O)cc1)NCN(O)C(=O)CCC(=O)NCN(O)C(C)=O. The van der Waals surface area contributed by atoms with Crippen molar-refractivity contribution in [2.45, 2.75) is 51.9 Å². The van der Waals surface area contributed by atoms with Crippen LogP contribution >= 0.6 is 7.60 Å². The van der Waals surface area contributed by atoms with Crippen LogP contribution in [-0.4, -0.2) is 98.3 Å². The second-order valence-electron chi connectivity index (χ2n) is 9.66. The van der Waals surface area contributed by atoms with Gasteiger partial charge in [-0.2, -0.15) is 0 Å². The molecule has 0 aromatic heterocycles. The third-order valence-corrected chi connectivity index (χ3v) is 6.32. The summed E-state index contributed by atoms with van der Waals surface area (Å²) in [6, 6.07) is 5.77. The first kappa shape index (κ1) is 38.0. The monoisotopic (exact) mass is 644 g/mol. The largest absolute Gasteiger partial charge is 0.425 e. The summed E-state index contributed by atoms with van der Waals surface area (Å²) < 4.78 is 16.1. The van der Waals surface area contributed by atoms with Crippen LogP contribution in [-0.2, 0) is 23.7 Å². The first-order valence-electron chi connectivity index (χ1n) is 13.6. The van der Waals surface area contributed by atoms with E-state index >= 15 is 0 Å². The van der Waals surface area contributed by atoms with Crippen LogP contribution in [0.1, 0.15) is 62.2 Å². The van der Waals surface area contributed by atoms with E-state index < -0.39 is 37.9 Å². The molecule has 0 heterocycles. The third kappa shape index (κ3) is 16.6. The zero-order chi connectivity index (χ0) is 33.3. The summed E-state index contributed by atoms with van der Waals surface area (Å²) in [6.07, 6.45) is 1.10. The van der Waals surface area contributed by atoms with E-state index in [2.05, 4.69) is 22.5 Å². The van der Waals surface area contributed by atoms with Crippen molar-refractivity contribution in [2.75, 3.05) is 33.1 Å². The second kappa shape index (κ2) is 19.3. The summed E-state index contributed by atoms with van der Waals surface area (Å²) in [4.78, 5) is 68.1. The lowest BCUT2D eigenvalue weighted by Gasteiger charge is -2.19. The van der Waals surface area contributed by atoms with Gasteiger partial charge in [-0.1, -0.05) is 6.58 Å². The highest BCUT2D eigenvalue weighted by atomic mass is 31.2. The number of hydrogen-bond donors (Lipinski definition) is 7. The molecule has 17 nitrogen and oxygen atoms in total. The van der Waals surface area contributed by atoms with Crippen molar-refractivity contribution in [3.63, 3.8) is 0 Å². The van der Waals surface area contributed by atoms with Gasteiger partial charge >= 0.3 is 7.60 Å². The fraction of sp³-hybridized carbons (Fsp3) is 0.500. The number of hydroxylamine groups is 6. The topological polar surface area (TPSA) is 238 Å². The zero-order valence-electron chi connectivity index (χ0n) is 24.7. The maximum atomic E-state index is 12.2. The van der Waals surface area contributed by atoms with Gasteiger partial charge in [0.05, 0.1) is 0 Å². The van der Waals surface area contributed by atoms with E-state index in [1.165, 1.54) is 24.3 Å². The summed E-state index contributed by atoms with van der Waals surface area (Å²) >= 11 is 0. The molecular weight excluding hydrogens is 603 g/mol. The standard InChI is InChI=1S/C26H41N6O11P/c1-19(28-17-32(40)25(36)14-12-23(34)29-18-31(39)20(2)33)7-13-24(35)30(38)16-6-4-5-15-27-26(37)21-8-10-22(11-9-21)43-44(3,41)42/h8-11,28,38-40H,1,4-7,12-18H2,2-3H3,(H,27,37)(H,29,34)(H,41,42). The molecule has 0 saturated heterocycles. The van der Waals surface area contributed by atoms with Crippen LogP contribution in [0.15, 0.2) is 36.5 Å². The Kier molecular flexibility index (Phi) is 16.7. The van der Waals surface area contributed by atoms with Gasteiger partial charge in [-0.15, -0.1) is 0 Å². The number of hydrogen-bond acceptors (Lipinski definition) is 11. The zero-order valence-corrected chi connectivity index (χ0v) is 25.6. The van der Waals surface area contributed by atoms with Crippen LogP contribution in [0.25, 0.3) is 0 Å². The van der Waals surface area contributed by atoms with Crippen LogP contribution in [0.5, 0.6) is 5.75 Å². The van der Waals surface area contributed by atoms with E-state index in [9.17, 15) is 49.1 Å². The highest BCUT2D eigenvalue weighted by Gasteiger charge is 2.16. The maximum Gasteiger partial charge on any atom is 0.373 e. The van der Waals surface area contributed by atoms with Crippen molar-refractivity contribution in [2.24, 2.45) is 0 Å². The molecule has 1 atom stereocenters. The van der Waals surface area contributed by atoms with Crippen LogP contribution < -0.4 is 20.5 Å². The van der Waals surface area contributed by atoms with Gasteiger partial charge in [-0.25, -0.2) is 19.8 Å². The molecule has 0 radical (unpaired) electrons. The van der Waals surface area contributed by atoms with Crippen molar-refractivity contribution in [3.8, 4) is 5.75 Å². The van der Waals surface area contributed by atoms with Crippen LogP contribution in [0.3, 0.4) is 0 Å². The molecule has 0 fully saturated rings. The van der Waals surface area contributed by atoms with Crippen molar-refractivity contribution in [3.05, 3.63) is 42.1 Å². The van der Waals surface area contributed by atoms with Crippen molar-refractivity contribution in [1.82, 2.24) is 31.1 Å². The average molecular weight is 645 g/mol. The second-order valence-corrected chi connectivity index (χ2v) is 11.4. The predicted octanol–water partition coefficient (Wildman–Crippen LogP) is 1.15. The first-order chi connectivity index (χ1) is 20.6. The number of allylic oxidation sites excluding steroid dienone is 1. The minimum absolute atomic E-state index is 0.0812. The summed E-state index contributed by atoms with van der Waals surface area (Å²) in [5, 5.41) is 37.8. The molecule has 1 aromatic rings. The molecule has 1 aromatic carbocycles. The lowest BCUT2D eigenvalue weighted by molar-refractivity contribution is -0.168. The molecule has 5 amide bonds. The van der Waals surface area contributed by atoms with Crippen molar-refractivity contribution >= 4 is 37.1 Å². The maximum absolute atomic E-state index is 12.2. The van der Waals surface area contributed by atoms with Gasteiger partial charge in [0.25, 0.3) is 5.91 Å². The Labute approximate surface area is 254 Å². The Bertz CT molecular complexity index is 1190. The summed E-state index contributed by atoms with van der Waals surface area (Å²) in [5.41, 5.74) is 0.673. The normalized spacial score (nSPS) is 11.9. The van der Waals surface area contributed by atoms with E-state index in [1.807, 2.05) is 0 Å². The number of carbonyl (C=O) groups is 5. The number of nitrogens with zero attached hydrogens (tertiary/aromatic N) is 3. The van der Waals surface area contributed by atoms with E-state index in [0.717, 1.165) is 13.6 Å². The molecule has 7 N–H and O–H groups in total. The molecule has 0 aliphatic carbocycles. The molecule has 0 spiro atoms. The van der Waals surface area contributed by atoms with Gasteiger partial charge in [0.2, 0.25) is 23.6 Å². The number of nitrogens with one attached hydrogen (secondary N) is 3. The Morgan fingerprint density at radius 1 is 0.818 bits per heavy atom. The average Bonchev–Trinajstić information content (AvgIpc) is 2.96. The third-order valence-electron chi connectivity index (χ3n) is 5.77. The summed E-state index contributed by atoms with van der Waals surface area (Å²) in [7, 11) is -3.69. The molecule has 44 heavy (non-hydrogen) atoms.